The van der Waals surface area contributed by atoms with Crippen LogP contribution < -0.4 is 5.56 Å². The van der Waals surface area contributed by atoms with E-state index in [1.807, 2.05) is 28.8 Å². The zero-order chi connectivity index (χ0) is 26.2. The van der Waals surface area contributed by atoms with Crippen LogP contribution in [0, 0.1) is 11.8 Å². The van der Waals surface area contributed by atoms with Gasteiger partial charge in [0, 0.05) is 24.2 Å². The van der Waals surface area contributed by atoms with Gasteiger partial charge in [-0.1, -0.05) is 49.4 Å². The van der Waals surface area contributed by atoms with Crippen LogP contribution in [0.5, 0.6) is 0 Å². The Morgan fingerprint density at radius 3 is 2.29 bits per heavy atom. The number of carboxylic acids is 1. The summed E-state index contributed by atoms with van der Waals surface area (Å²) < 4.78 is 1.84. The van der Waals surface area contributed by atoms with Crippen molar-refractivity contribution >= 4 is 22.7 Å². The van der Waals surface area contributed by atoms with Crippen molar-refractivity contribution in [2.75, 3.05) is 6.61 Å². The SMILES string of the molecule is CCON=C(C(=O)O)c1nc2ccccc2n(C2C[C@H]3CCC[C@@H](C2)N3C2CC3CCCCC(C3)C2)c1=O. The first-order valence-corrected chi connectivity index (χ1v) is 14.8. The minimum atomic E-state index is -1.31. The Bertz CT molecular complexity index is 1240. The van der Waals surface area contributed by atoms with E-state index in [1.54, 1.807) is 6.92 Å². The van der Waals surface area contributed by atoms with Crippen molar-refractivity contribution in [2.24, 2.45) is 17.0 Å². The smallest absolute Gasteiger partial charge is 0.360 e. The van der Waals surface area contributed by atoms with E-state index < -0.39 is 11.7 Å². The van der Waals surface area contributed by atoms with Crippen LogP contribution in [0.15, 0.2) is 34.2 Å². The van der Waals surface area contributed by atoms with E-state index in [2.05, 4.69) is 15.0 Å². The summed E-state index contributed by atoms with van der Waals surface area (Å²) in [6.07, 6.45) is 15.1. The molecule has 204 valence electrons. The predicted molar refractivity (Wildman–Crippen MR) is 146 cm³/mol. The number of rotatable bonds is 6. The molecule has 0 radical (unpaired) electrons. The molecule has 1 aromatic heterocycles. The Morgan fingerprint density at radius 2 is 1.63 bits per heavy atom. The van der Waals surface area contributed by atoms with E-state index in [9.17, 15) is 14.7 Å². The molecule has 2 aliphatic carbocycles. The number of oxime groups is 1. The fraction of sp³-hybridized carbons (Fsp3) is 0.667. The average Bonchev–Trinajstić information content (AvgIpc) is 3.07. The van der Waals surface area contributed by atoms with Gasteiger partial charge < -0.3 is 14.5 Å². The Morgan fingerprint density at radius 1 is 0.947 bits per heavy atom. The molecule has 8 nitrogen and oxygen atoms in total. The lowest BCUT2D eigenvalue weighted by atomic mass is 9.73. The number of hydrogen-bond donors (Lipinski definition) is 1. The lowest BCUT2D eigenvalue weighted by molar-refractivity contribution is -0.129. The lowest BCUT2D eigenvalue weighted by Gasteiger charge is -2.54. The molecule has 2 saturated heterocycles. The summed E-state index contributed by atoms with van der Waals surface area (Å²) in [5.41, 5.74) is 0.413. The fourth-order valence-electron chi connectivity index (χ4n) is 8.29. The molecule has 4 aliphatic rings. The van der Waals surface area contributed by atoms with Gasteiger partial charge in [0.25, 0.3) is 5.56 Å². The molecule has 2 saturated carbocycles. The highest BCUT2D eigenvalue weighted by atomic mass is 16.6. The van der Waals surface area contributed by atoms with E-state index in [-0.39, 0.29) is 23.9 Å². The first-order chi connectivity index (χ1) is 18.5. The molecule has 5 atom stereocenters. The molecule has 8 heteroatoms. The number of aliphatic carboxylic acids is 1. The van der Waals surface area contributed by atoms with E-state index in [1.165, 1.54) is 64.2 Å². The average molecular weight is 521 g/mol. The number of piperidine rings is 2. The van der Waals surface area contributed by atoms with Crippen LogP contribution >= 0.6 is 0 Å². The molecule has 0 spiro atoms. The van der Waals surface area contributed by atoms with Crippen LogP contribution in [0.1, 0.15) is 95.7 Å². The van der Waals surface area contributed by atoms with E-state index >= 15 is 0 Å². The van der Waals surface area contributed by atoms with Crippen LogP contribution in [0.3, 0.4) is 0 Å². The Hall–Kier alpha value is -2.74. The minimum absolute atomic E-state index is 0.00806. The summed E-state index contributed by atoms with van der Waals surface area (Å²) >= 11 is 0. The fourth-order valence-corrected chi connectivity index (χ4v) is 8.29. The summed E-state index contributed by atoms with van der Waals surface area (Å²) in [4.78, 5) is 38.4. The number of hydrogen-bond acceptors (Lipinski definition) is 6. The molecular formula is C30H40N4O4. The first kappa shape index (κ1) is 25.5. The van der Waals surface area contributed by atoms with Gasteiger partial charge in [-0.05, 0) is 75.8 Å². The number of nitrogens with zero attached hydrogens (tertiary/aromatic N) is 4. The van der Waals surface area contributed by atoms with Crippen LogP contribution in [0.4, 0.5) is 0 Å². The topological polar surface area (TPSA) is 97.0 Å². The maximum absolute atomic E-state index is 14.0. The molecule has 3 heterocycles. The first-order valence-electron chi connectivity index (χ1n) is 14.8. The normalized spacial score (nSPS) is 32.1. The van der Waals surface area contributed by atoms with Crippen molar-refractivity contribution in [2.45, 2.75) is 108 Å². The van der Waals surface area contributed by atoms with Gasteiger partial charge in [-0.25, -0.2) is 9.78 Å². The molecule has 1 N–H and O–H groups in total. The zero-order valence-corrected chi connectivity index (χ0v) is 22.4. The molecule has 3 unspecified atom stereocenters. The van der Waals surface area contributed by atoms with Crippen LogP contribution in [0.25, 0.3) is 11.0 Å². The van der Waals surface area contributed by atoms with Gasteiger partial charge in [-0.15, -0.1) is 0 Å². The molecule has 0 amide bonds. The maximum Gasteiger partial charge on any atom is 0.360 e. The van der Waals surface area contributed by atoms with Gasteiger partial charge in [0.1, 0.15) is 6.61 Å². The van der Waals surface area contributed by atoms with E-state index in [0.29, 0.717) is 23.6 Å². The van der Waals surface area contributed by atoms with Crippen molar-refractivity contribution in [3.05, 3.63) is 40.3 Å². The maximum atomic E-state index is 14.0. The van der Waals surface area contributed by atoms with Crippen LogP contribution in [-0.2, 0) is 9.63 Å². The number of fused-ring (bicyclic) bond motifs is 5. The molecule has 2 aromatic rings. The molecule has 4 fully saturated rings. The second-order valence-electron chi connectivity index (χ2n) is 12.0. The largest absolute Gasteiger partial charge is 0.476 e. The monoisotopic (exact) mass is 520 g/mol. The third-order valence-electron chi connectivity index (χ3n) is 9.65. The zero-order valence-electron chi connectivity index (χ0n) is 22.4. The van der Waals surface area contributed by atoms with Crippen LogP contribution in [0.2, 0.25) is 0 Å². The summed E-state index contributed by atoms with van der Waals surface area (Å²) in [7, 11) is 0. The molecule has 2 aliphatic heterocycles. The Balaban J connectivity index is 1.36. The Labute approximate surface area is 224 Å². The quantitative estimate of drug-likeness (QED) is 0.419. The molecular weight excluding hydrogens is 480 g/mol. The highest BCUT2D eigenvalue weighted by molar-refractivity contribution is 6.41. The third-order valence-corrected chi connectivity index (χ3v) is 9.65. The highest BCUT2D eigenvalue weighted by Gasteiger charge is 2.45. The van der Waals surface area contributed by atoms with Gasteiger partial charge in [-0.2, -0.15) is 0 Å². The second-order valence-corrected chi connectivity index (χ2v) is 12.0. The van der Waals surface area contributed by atoms with Gasteiger partial charge in [0.15, 0.2) is 5.69 Å². The summed E-state index contributed by atoms with van der Waals surface area (Å²) in [6, 6.07) is 9.18. The standard InChI is InChI=1S/C30H40N4O4/c1-2-38-32-28(30(36)37)27-29(35)34(26-13-6-5-12-25(26)31-27)24-17-21-10-7-11-22(18-24)33(21)23-15-19-8-3-4-9-20(14-19)16-23/h5-6,12-13,19-24H,2-4,7-11,14-18H2,1H3,(H,36,37)/t19?,20?,21-,22+,23?,24?. The number of carbonyl (C=O) groups is 1. The van der Waals surface area contributed by atoms with Crippen molar-refractivity contribution < 1.29 is 14.7 Å². The summed E-state index contributed by atoms with van der Waals surface area (Å²) in [5.74, 6) is 0.455. The number of aromatic nitrogens is 2. The predicted octanol–water partition coefficient (Wildman–Crippen LogP) is 5.14. The molecule has 4 bridgehead atoms. The third kappa shape index (κ3) is 4.76. The number of carboxylic acid groups (broad SMARTS) is 1. The van der Waals surface area contributed by atoms with Gasteiger partial charge in [-0.3, -0.25) is 9.69 Å². The molecule has 6 rings (SSSR count). The van der Waals surface area contributed by atoms with Gasteiger partial charge in [0.05, 0.1) is 11.0 Å². The lowest BCUT2D eigenvalue weighted by Crippen LogP contribution is -2.58. The minimum Gasteiger partial charge on any atom is -0.476 e. The Kier molecular flexibility index (Phi) is 7.25. The van der Waals surface area contributed by atoms with Crippen molar-refractivity contribution in [1.82, 2.24) is 14.5 Å². The molecule has 1 aromatic carbocycles. The van der Waals surface area contributed by atoms with Crippen LogP contribution in [-0.4, -0.2) is 56.0 Å². The van der Waals surface area contributed by atoms with Crippen molar-refractivity contribution in [3.63, 3.8) is 0 Å². The van der Waals surface area contributed by atoms with Crippen molar-refractivity contribution in [3.8, 4) is 0 Å². The van der Waals surface area contributed by atoms with Crippen molar-refractivity contribution in [1.29, 1.82) is 0 Å². The second kappa shape index (κ2) is 10.8. The highest BCUT2D eigenvalue weighted by Crippen LogP contribution is 2.47. The number of benzene rings is 1. The van der Waals surface area contributed by atoms with Gasteiger partial charge >= 0.3 is 5.97 Å². The summed E-state index contributed by atoms with van der Waals surface area (Å²) in [5, 5.41) is 13.6. The van der Waals surface area contributed by atoms with E-state index in [0.717, 1.165) is 30.2 Å². The summed E-state index contributed by atoms with van der Waals surface area (Å²) in [6.45, 7) is 1.94. The number of para-hydroxylation sites is 2. The molecule has 38 heavy (non-hydrogen) atoms. The van der Waals surface area contributed by atoms with E-state index in [4.69, 9.17) is 4.84 Å². The van der Waals surface area contributed by atoms with Gasteiger partial charge in [0.2, 0.25) is 5.71 Å².